The topological polar surface area (TPSA) is 24.5 Å². The van der Waals surface area contributed by atoms with Gasteiger partial charge in [0.25, 0.3) is 0 Å². The van der Waals surface area contributed by atoms with Crippen LogP contribution in [0.5, 0.6) is 0 Å². The summed E-state index contributed by atoms with van der Waals surface area (Å²) in [5.41, 5.74) is 1.32. The molecule has 0 saturated carbocycles. The summed E-state index contributed by atoms with van der Waals surface area (Å²) in [6.07, 6.45) is 1.19. The molecule has 1 aromatic rings. The second-order valence-electron chi connectivity index (χ2n) is 4.39. The Bertz CT molecular complexity index is 353. The van der Waals surface area contributed by atoms with E-state index in [-0.39, 0.29) is 0 Å². The minimum absolute atomic E-state index is 0.843. The molecule has 0 radical (unpaired) electrons. The highest BCUT2D eigenvalue weighted by atomic mass is 32.2. The lowest BCUT2D eigenvalue weighted by atomic mass is 10.2. The van der Waals surface area contributed by atoms with Crippen molar-refractivity contribution in [1.82, 2.24) is 5.32 Å². The molecule has 3 nitrogen and oxygen atoms in total. The van der Waals surface area contributed by atoms with Gasteiger partial charge in [0, 0.05) is 29.5 Å². The Morgan fingerprint density at radius 1 is 1.33 bits per heavy atom. The minimum Gasteiger partial charge on any atom is -0.378 e. The predicted octanol–water partition coefficient (Wildman–Crippen LogP) is 2.57. The van der Waals surface area contributed by atoms with Crippen molar-refractivity contribution in [3.05, 3.63) is 24.3 Å². The second kappa shape index (κ2) is 7.67. The third kappa shape index (κ3) is 4.19. The van der Waals surface area contributed by atoms with Crippen LogP contribution in [0.4, 0.5) is 5.69 Å². The predicted molar refractivity (Wildman–Crippen MR) is 78.5 cm³/mol. The zero-order valence-corrected chi connectivity index (χ0v) is 11.8. The van der Waals surface area contributed by atoms with E-state index in [0.29, 0.717) is 0 Å². The summed E-state index contributed by atoms with van der Waals surface area (Å²) in [4.78, 5) is 3.73. The summed E-state index contributed by atoms with van der Waals surface area (Å²) in [6.45, 7) is 6.97. The number of thioether (sulfide) groups is 1. The normalized spacial score (nSPS) is 15.9. The summed E-state index contributed by atoms with van der Waals surface area (Å²) in [6, 6.07) is 8.80. The van der Waals surface area contributed by atoms with Gasteiger partial charge in [0.15, 0.2) is 0 Å². The standard InChI is InChI=1S/C14H22N2OS/c1-2-6-15-12-18-14-5-3-4-13(11-14)16-7-9-17-10-8-16/h3-5,11,15H,2,6-10,12H2,1H3. The van der Waals surface area contributed by atoms with Crippen molar-refractivity contribution in [1.29, 1.82) is 0 Å². The molecule has 0 aromatic heterocycles. The maximum atomic E-state index is 5.39. The van der Waals surface area contributed by atoms with Crippen LogP contribution in [0.25, 0.3) is 0 Å². The molecule has 100 valence electrons. The first-order valence-electron chi connectivity index (χ1n) is 6.66. The second-order valence-corrected chi connectivity index (χ2v) is 5.43. The fourth-order valence-electron chi connectivity index (χ4n) is 1.97. The van der Waals surface area contributed by atoms with Crippen LogP contribution in [0.15, 0.2) is 29.2 Å². The first-order valence-corrected chi connectivity index (χ1v) is 7.65. The number of ether oxygens (including phenoxy) is 1. The van der Waals surface area contributed by atoms with Gasteiger partial charge in [-0.25, -0.2) is 0 Å². The van der Waals surface area contributed by atoms with Gasteiger partial charge in [0.2, 0.25) is 0 Å². The van der Waals surface area contributed by atoms with Crippen LogP contribution in [-0.2, 0) is 4.74 Å². The number of nitrogens with zero attached hydrogens (tertiary/aromatic N) is 1. The van der Waals surface area contributed by atoms with E-state index in [1.807, 2.05) is 11.8 Å². The largest absolute Gasteiger partial charge is 0.378 e. The molecule has 0 atom stereocenters. The molecule has 1 aliphatic rings. The smallest absolute Gasteiger partial charge is 0.0642 e. The third-order valence-corrected chi connectivity index (χ3v) is 3.90. The van der Waals surface area contributed by atoms with Gasteiger partial charge in [0.05, 0.1) is 13.2 Å². The Labute approximate surface area is 114 Å². The zero-order valence-electron chi connectivity index (χ0n) is 11.0. The van der Waals surface area contributed by atoms with Crippen LogP contribution in [0.3, 0.4) is 0 Å². The monoisotopic (exact) mass is 266 g/mol. The van der Waals surface area contributed by atoms with Crippen molar-refractivity contribution < 1.29 is 4.74 Å². The number of rotatable bonds is 6. The zero-order chi connectivity index (χ0) is 12.6. The van der Waals surface area contributed by atoms with Gasteiger partial charge in [-0.2, -0.15) is 0 Å². The molecule has 2 rings (SSSR count). The lowest BCUT2D eigenvalue weighted by Gasteiger charge is -2.29. The number of morpholine rings is 1. The number of benzene rings is 1. The highest BCUT2D eigenvalue weighted by Gasteiger charge is 2.11. The van der Waals surface area contributed by atoms with Crippen molar-refractivity contribution in [2.45, 2.75) is 18.2 Å². The number of nitrogens with one attached hydrogen (secondary N) is 1. The van der Waals surface area contributed by atoms with Crippen molar-refractivity contribution in [2.24, 2.45) is 0 Å². The first-order chi connectivity index (χ1) is 8.90. The highest BCUT2D eigenvalue weighted by Crippen LogP contribution is 2.23. The van der Waals surface area contributed by atoms with Gasteiger partial charge in [-0.3, -0.25) is 0 Å². The molecule has 18 heavy (non-hydrogen) atoms. The van der Waals surface area contributed by atoms with Crippen molar-refractivity contribution >= 4 is 17.4 Å². The van der Waals surface area contributed by atoms with Crippen LogP contribution in [0, 0.1) is 0 Å². The quantitative estimate of drug-likeness (QED) is 0.486. The fraction of sp³-hybridized carbons (Fsp3) is 0.571. The van der Waals surface area contributed by atoms with Crippen LogP contribution < -0.4 is 10.2 Å². The van der Waals surface area contributed by atoms with Gasteiger partial charge >= 0.3 is 0 Å². The van der Waals surface area contributed by atoms with E-state index in [4.69, 9.17) is 4.74 Å². The van der Waals surface area contributed by atoms with E-state index in [1.54, 1.807) is 0 Å². The van der Waals surface area contributed by atoms with Gasteiger partial charge in [-0.15, -0.1) is 11.8 Å². The summed E-state index contributed by atoms with van der Waals surface area (Å²) in [7, 11) is 0. The van der Waals surface area contributed by atoms with Crippen molar-refractivity contribution in [2.75, 3.05) is 43.6 Å². The van der Waals surface area contributed by atoms with E-state index in [1.165, 1.54) is 17.0 Å². The Morgan fingerprint density at radius 3 is 2.94 bits per heavy atom. The molecule has 0 spiro atoms. The van der Waals surface area contributed by atoms with Crippen LogP contribution in [0.2, 0.25) is 0 Å². The molecule has 1 N–H and O–H groups in total. The average Bonchev–Trinajstić information content (AvgIpc) is 2.45. The van der Waals surface area contributed by atoms with E-state index in [0.717, 1.165) is 38.7 Å². The van der Waals surface area contributed by atoms with Crippen molar-refractivity contribution in [3.63, 3.8) is 0 Å². The highest BCUT2D eigenvalue weighted by molar-refractivity contribution is 7.99. The molecule has 0 unspecified atom stereocenters. The molecule has 0 bridgehead atoms. The molecular formula is C14H22N2OS. The lowest BCUT2D eigenvalue weighted by Crippen LogP contribution is -2.36. The molecule has 1 aliphatic heterocycles. The Kier molecular flexibility index (Phi) is 5.84. The Balaban J connectivity index is 1.88. The minimum atomic E-state index is 0.843. The van der Waals surface area contributed by atoms with Crippen molar-refractivity contribution in [3.8, 4) is 0 Å². The molecular weight excluding hydrogens is 244 g/mol. The number of hydrogen-bond acceptors (Lipinski definition) is 4. The molecule has 0 aliphatic carbocycles. The fourth-order valence-corrected chi connectivity index (χ4v) is 2.77. The van der Waals surface area contributed by atoms with Gasteiger partial charge in [0.1, 0.15) is 0 Å². The van der Waals surface area contributed by atoms with E-state index >= 15 is 0 Å². The van der Waals surface area contributed by atoms with Crippen LogP contribution >= 0.6 is 11.8 Å². The molecule has 1 fully saturated rings. The maximum absolute atomic E-state index is 5.39. The van der Waals surface area contributed by atoms with E-state index in [2.05, 4.69) is 41.4 Å². The summed E-state index contributed by atoms with van der Waals surface area (Å²) in [5.74, 6) is 0.987. The Morgan fingerprint density at radius 2 is 2.17 bits per heavy atom. The Hall–Kier alpha value is -0.710. The molecule has 4 heteroatoms. The maximum Gasteiger partial charge on any atom is 0.0642 e. The molecule has 1 saturated heterocycles. The molecule has 0 amide bonds. The van der Waals surface area contributed by atoms with Gasteiger partial charge in [-0.05, 0) is 31.2 Å². The first kappa shape index (κ1) is 13.7. The third-order valence-electron chi connectivity index (χ3n) is 2.96. The van der Waals surface area contributed by atoms with Gasteiger partial charge < -0.3 is 15.0 Å². The van der Waals surface area contributed by atoms with E-state index in [9.17, 15) is 0 Å². The summed E-state index contributed by atoms with van der Waals surface area (Å²) in [5, 5.41) is 3.41. The van der Waals surface area contributed by atoms with Crippen LogP contribution in [0.1, 0.15) is 13.3 Å². The average molecular weight is 266 g/mol. The number of hydrogen-bond donors (Lipinski definition) is 1. The summed E-state index contributed by atoms with van der Waals surface area (Å²) < 4.78 is 5.39. The molecule has 1 heterocycles. The SMILES string of the molecule is CCCNCSc1cccc(N2CCOCC2)c1. The van der Waals surface area contributed by atoms with E-state index < -0.39 is 0 Å². The summed E-state index contributed by atoms with van der Waals surface area (Å²) >= 11 is 1.87. The van der Waals surface area contributed by atoms with Crippen LogP contribution in [-0.4, -0.2) is 38.7 Å². The molecule has 1 aromatic carbocycles. The van der Waals surface area contributed by atoms with Gasteiger partial charge in [-0.1, -0.05) is 13.0 Å². The lowest BCUT2D eigenvalue weighted by molar-refractivity contribution is 0.122. The number of anilines is 1.